The lowest BCUT2D eigenvalue weighted by atomic mass is 9.98. The summed E-state index contributed by atoms with van der Waals surface area (Å²) in [6, 6.07) is 15.3. The summed E-state index contributed by atoms with van der Waals surface area (Å²) in [6.07, 6.45) is 2.54. The van der Waals surface area contributed by atoms with E-state index in [9.17, 15) is 4.79 Å². The molecule has 5 nitrogen and oxygen atoms in total. The van der Waals surface area contributed by atoms with E-state index in [-0.39, 0.29) is 24.4 Å². The summed E-state index contributed by atoms with van der Waals surface area (Å²) in [5.41, 5.74) is 1.93. The number of benzene rings is 2. The van der Waals surface area contributed by atoms with Crippen LogP contribution < -0.4 is 20.1 Å². The fourth-order valence-electron chi connectivity index (χ4n) is 2.93. The van der Waals surface area contributed by atoms with Crippen molar-refractivity contribution in [3.8, 4) is 11.5 Å². The number of carbonyl (C=O) groups is 1. The minimum atomic E-state index is -0.268. The molecular formula is C21H27ClN2O3. The first kappa shape index (κ1) is 21.1. The van der Waals surface area contributed by atoms with E-state index in [0.29, 0.717) is 6.54 Å². The molecule has 0 bridgehead atoms. The minimum Gasteiger partial charge on any atom is -0.497 e. The number of amides is 1. The van der Waals surface area contributed by atoms with Gasteiger partial charge in [0.15, 0.2) is 0 Å². The molecule has 1 amide bonds. The van der Waals surface area contributed by atoms with Crippen molar-refractivity contribution >= 4 is 18.3 Å². The molecule has 0 heterocycles. The Morgan fingerprint density at radius 2 is 1.59 bits per heavy atom. The molecule has 0 radical (unpaired) electrons. The largest absolute Gasteiger partial charge is 0.497 e. The molecule has 1 aliphatic carbocycles. The molecule has 1 saturated carbocycles. The third-order valence-corrected chi connectivity index (χ3v) is 4.58. The Kier molecular flexibility index (Phi) is 7.95. The molecule has 3 rings (SSSR count). The lowest BCUT2D eigenvalue weighted by molar-refractivity contribution is -0.120. The van der Waals surface area contributed by atoms with Gasteiger partial charge in [-0.05, 0) is 60.7 Å². The van der Waals surface area contributed by atoms with Gasteiger partial charge in [0.2, 0.25) is 5.91 Å². The van der Waals surface area contributed by atoms with Gasteiger partial charge in [-0.2, -0.15) is 0 Å². The number of nitrogens with one attached hydrogen (secondary N) is 2. The van der Waals surface area contributed by atoms with Crippen molar-refractivity contribution in [2.45, 2.75) is 18.9 Å². The van der Waals surface area contributed by atoms with Crippen LogP contribution in [0.5, 0.6) is 11.5 Å². The molecule has 0 aromatic heterocycles. The quantitative estimate of drug-likeness (QED) is 0.689. The topological polar surface area (TPSA) is 59.6 Å². The maximum atomic E-state index is 12.5. The number of halogens is 1. The fraction of sp³-hybridized carbons (Fsp3) is 0.381. The van der Waals surface area contributed by atoms with Crippen LogP contribution in [0.25, 0.3) is 0 Å². The number of methoxy groups -OCH3 is 2. The first-order chi connectivity index (χ1) is 12.7. The van der Waals surface area contributed by atoms with Crippen LogP contribution in [0, 0.1) is 5.92 Å². The van der Waals surface area contributed by atoms with Crippen molar-refractivity contribution in [3.63, 3.8) is 0 Å². The van der Waals surface area contributed by atoms with E-state index in [1.165, 1.54) is 12.8 Å². The molecule has 27 heavy (non-hydrogen) atoms. The summed E-state index contributed by atoms with van der Waals surface area (Å²) < 4.78 is 10.7. The minimum absolute atomic E-state index is 0. The van der Waals surface area contributed by atoms with E-state index < -0.39 is 0 Å². The van der Waals surface area contributed by atoms with Gasteiger partial charge in [-0.25, -0.2) is 0 Å². The van der Waals surface area contributed by atoms with Gasteiger partial charge >= 0.3 is 0 Å². The molecule has 1 fully saturated rings. The van der Waals surface area contributed by atoms with Crippen LogP contribution in [0.1, 0.15) is 30.0 Å². The average Bonchev–Trinajstić information content (AvgIpc) is 3.50. The summed E-state index contributed by atoms with van der Waals surface area (Å²) in [7, 11) is 3.28. The molecule has 1 aliphatic rings. The average molecular weight is 391 g/mol. The predicted molar refractivity (Wildman–Crippen MR) is 109 cm³/mol. The standard InChI is InChI=1S/C21H26N2O3.ClH/c1-25-18-7-3-5-16(11-18)21(17-6-4-8-19(12-17)26-2)23-20(24)14-22-13-15-9-10-15;/h3-8,11-12,15,21-22H,9-10,13-14H2,1-2H3,(H,23,24);1H. The summed E-state index contributed by atoms with van der Waals surface area (Å²) >= 11 is 0. The molecule has 6 heteroatoms. The molecule has 2 N–H and O–H groups in total. The Morgan fingerprint density at radius 3 is 2.07 bits per heavy atom. The highest BCUT2D eigenvalue weighted by molar-refractivity contribution is 5.85. The fourth-order valence-corrected chi connectivity index (χ4v) is 2.93. The molecule has 2 aromatic rings. The molecule has 0 aliphatic heterocycles. The van der Waals surface area contributed by atoms with Gasteiger partial charge in [-0.3, -0.25) is 4.79 Å². The van der Waals surface area contributed by atoms with Crippen molar-refractivity contribution in [2.75, 3.05) is 27.3 Å². The zero-order valence-electron chi connectivity index (χ0n) is 15.7. The summed E-state index contributed by atoms with van der Waals surface area (Å²) in [5.74, 6) is 2.24. The number of carbonyl (C=O) groups excluding carboxylic acids is 1. The Bertz CT molecular complexity index is 702. The first-order valence-electron chi connectivity index (χ1n) is 8.97. The maximum absolute atomic E-state index is 12.5. The monoisotopic (exact) mass is 390 g/mol. The predicted octanol–water partition coefficient (Wildman–Crippen LogP) is 3.33. The Morgan fingerprint density at radius 1 is 1.04 bits per heavy atom. The van der Waals surface area contributed by atoms with Crippen molar-refractivity contribution in [1.29, 1.82) is 0 Å². The Labute approximate surface area is 166 Å². The van der Waals surface area contributed by atoms with E-state index in [2.05, 4.69) is 10.6 Å². The van der Waals surface area contributed by atoms with Gasteiger partial charge in [-0.1, -0.05) is 24.3 Å². The van der Waals surface area contributed by atoms with Crippen LogP contribution in [0.2, 0.25) is 0 Å². The Balaban J connectivity index is 0.00000261. The number of hydrogen-bond acceptors (Lipinski definition) is 4. The van der Waals surface area contributed by atoms with Crippen molar-refractivity contribution in [2.24, 2.45) is 5.92 Å². The van der Waals surface area contributed by atoms with Gasteiger partial charge in [0.25, 0.3) is 0 Å². The van der Waals surface area contributed by atoms with Gasteiger partial charge in [-0.15, -0.1) is 12.4 Å². The maximum Gasteiger partial charge on any atom is 0.234 e. The lowest BCUT2D eigenvalue weighted by Crippen LogP contribution is -2.37. The van der Waals surface area contributed by atoms with E-state index in [0.717, 1.165) is 35.1 Å². The Hall–Kier alpha value is -2.24. The van der Waals surface area contributed by atoms with Crippen LogP contribution >= 0.6 is 12.4 Å². The highest BCUT2D eigenvalue weighted by atomic mass is 35.5. The van der Waals surface area contributed by atoms with Crippen LogP contribution in [-0.4, -0.2) is 33.2 Å². The van der Waals surface area contributed by atoms with Gasteiger partial charge in [0.1, 0.15) is 11.5 Å². The second kappa shape index (κ2) is 10.2. The third-order valence-electron chi connectivity index (χ3n) is 4.58. The molecule has 146 valence electrons. The molecular weight excluding hydrogens is 364 g/mol. The highest BCUT2D eigenvalue weighted by Gasteiger charge is 2.22. The third kappa shape index (κ3) is 6.15. The second-order valence-electron chi connectivity index (χ2n) is 6.63. The van der Waals surface area contributed by atoms with E-state index in [1.807, 2.05) is 48.5 Å². The molecule has 0 spiro atoms. The normalized spacial score (nSPS) is 13.0. The smallest absolute Gasteiger partial charge is 0.234 e. The lowest BCUT2D eigenvalue weighted by Gasteiger charge is -2.21. The van der Waals surface area contributed by atoms with Gasteiger partial charge < -0.3 is 20.1 Å². The first-order valence-corrected chi connectivity index (χ1v) is 8.97. The van der Waals surface area contributed by atoms with Crippen LogP contribution in [0.15, 0.2) is 48.5 Å². The zero-order chi connectivity index (χ0) is 18.4. The molecule has 0 saturated heterocycles. The van der Waals surface area contributed by atoms with E-state index >= 15 is 0 Å². The van der Waals surface area contributed by atoms with Gasteiger partial charge in [0, 0.05) is 0 Å². The number of ether oxygens (including phenoxy) is 2. The number of rotatable bonds is 9. The van der Waals surface area contributed by atoms with Crippen molar-refractivity contribution < 1.29 is 14.3 Å². The molecule has 0 atom stereocenters. The summed E-state index contributed by atoms with van der Waals surface area (Å²) in [4.78, 5) is 12.5. The van der Waals surface area contributed by atoms with Crippen LogP contribution in [-0.2, 0) is 4.79 Å². The highest BCUT2D eigenvalue weighted by Crippen LogP contribution is 2.28. The zero-order valence-corrected chi connectivity index (χ0v) is 16.6. The summed E-state index contributed by atoms with van der Waals surface area (Å²) in [5, 5.41) is 6.37. The summed E-state index contributed by atoms with van der Waals surface area (Å²) in [6.45, 7) is 1.23. The van der Waals surface area contributed by atoms with Crippen LogP contribution in [0.3, 0.4) is 0 Å². The molecule has 2 aromatic carbocycles. The molecule has 0 unspecified atom stereocenters. The van der Waals surface area contributed by atoms with Gasteiger partial charge in [0.05, 0.1) is 26.8 Å². The van der Waals surface area contributed by atoms with E-state index in [1.54, 1.807) is 14.2 Å². The number of hydrogen-bond donors (Lipinski definition) is 2. The van der Waals surface area contributed by atoms with Crippen LogP contribution in [0.4, 0.5) is 0 Å². The van der Waals surface area contributed by atoms with Crippen molar-refractivity contribution in [1.82, 2.24) is 10.6 Å². The van der Waals surface area contributed by atoms with Crippen molar-refractivity contribution in [3.05, 3.63) is 59.7 Å². The second-order valence-corrected chi connectivity index (χ2v) is 6.63. The SMILES string of the molecule is COc1cccc(C(NC(=O)CNCC2CC2)c2cccc(OC)c2)c1.Cl. The van der Waals surface area contributed by atoms with E-state index in [4.69, 9.17) is 9.47 Å².